The van der Waals surface area contributed by atoms with E-state index in [2.05, 4.69) is 32.0 Å². The molecule has 1 fully saturated rings. The second kappa shape index (κ2) is 9.10. The van der Waals surface area contributed by atoms with E-state index in [1.165, 1.54) is 24.4 Å². The summed E-state index contributed by atoms with van der Waals surface area (Å²) in [5.74, 6) is 0.532. The zero-order chi connectivity index (χ0) is 21.8. The Balaban J connectivity index is 1.49. The van der Waals surface area contributed by atoms with Crippen molar-refractivity contribution in [3.63, 3.8) is 0 Å². The molecule has 0 N–H and O–H groups in total. The Hall–Kier alpha value is -3.51. The van der Waals surface area contributed by atoms with Crippen molar-refractivity contribution < 1.29 is 13.9 Å². The van der Waals surface area contributed by atoms with Gasteiger partial charge in [0, 0.05) is 38.6 Å². The summed E-state index contributed by atoms with van der Waals surface area (Å²) in [5, 5.41) is 9.30. The summed E-state index contributed by atoms with van der Waals surface area (Å²) >= 11 is 3.26. The largest absolute Gasteiger partial charge is 0.437 e. The molecule has 0 bridgehead atoms. The van der Waals surface area contributed by atoms with Crippen LogP contribution in [0.15, 0.2) is 59.3 Å². The fourth-order valence-corrected chi connectivity index (χ4v) is 3.76. The average molecular weight is 482 g/mol. The molecule has 1 aliphatic rings. The molecule has 0 unspecified atom stereocenters. The molecular formula is C22H17BrFN5O2. The molecule has 7 nitrogen and oxygen atoms in total. The summed E-state index contributed by atoms with van der Waals surface area (Å²) in [6, 6.07) is 13.0. The summed E-state index contributed by atoms with van der Waals surface area (Å²) in [4.78, 5) is 25.4. The quantitative estimate of drug-likeness (QED) is 0.559. The molecule has 156 valence electrons. The molecule has 2 aromatic heterocycles. The second-order valence-corrected chi connectivity index (χ2v) is 7.65. The second-order valence-electron chi connectivity index (χ2n) is 6.80. The predicted octanol–water partition coefficient (Wildman–Crippen LogP) is 4.00. The first kappa shape index (κ1) is 20.8. The standard InChI is InChI=1S/C22H17BrFN5O2/c23-18-13-16(24)5-6-19(18)31-21-17(4-2-8-27-21)22(30)29-11-9-28(10-12-29)20-15(14-25)3-1-7-26-20/h1-8,13H,9-12H2. The van der Waals surface area contributed by atoms with Crippen LogP contribution in [0.4, 0.5) is 10.2 Å². The molecule has 3 heterocycles. The van der Waals surface area contributed by atoms with E-state index in [4.69, 9.17) is 4.74 Å². The Labute approximate surface area is 186 Å². The third kappa shape index (κ3) is 4.49. The number of ether oxygens (including phenoxy) is 1. The van der Waals surface area contributed by atoms with Crippen LogP contribution in [0.2, 0.25) is 0 Å². The van der Waals surface area contributed by atoms with Crippen LogP contribution >= 0.6 is 15.9 Å². The summed E-state index contributed by atoms with van der Waals surface area (Å²) < 4.78 is 19.6. The number of aromatic nitrogens is 2. The lowest BCUT2D eigenvalue weighted by molar-refractivity contribution is 0.0743. The Morgan fingerprint density at radius 3 is 2.58 bits per heavy atom. The van der Waals surface area contributed by atoms with Crippen molar-refractivity contribution in [2.45, 2.75) is 0 Å². The van der Waals surface area contributed by atoms with Gasteiger partial charge in [0.25, 0.3) is 5.91 Å². The van der Waals surface area contributed by atoms with Crippen molar-refractivity contribution in [3.8, 4) is 17.7 Å². The van der Waals surface area contributed by atoms with Crippen LogP contribution < -0.4 is 9.64 Å². The van der Waals surface area contributed by atoms with Gasteiger partial charge < -0.3 is 14.5 Å². The molecule has 1 aromatic carbocycles. The lowest BCUT2D eigenvalue weighted by Crippen LogP contribution is -2.49. The number of rotatable bonds is 4. The fraction of sp³-hybridized carbons (Fsp3) is 0.182. The Morgan fingerprint density at radius 2 is 1.84 bits per heavy atom. The van der Waals surface area contributed by atoms with Crippen molar-refractivity contribution in [2.75, 3.05) is 31.1 Å². The van der Waals surface area contributed by atoms with E-state index in [0.29, 0.717) is 53.3 Å². The number of carbonyl (C=O) groups excluding carboxylic acids is 1. The fourth-order valence-electron chi connectivity index (χ4n) is 3.32. The number of nitriles is 1. The Morgan fingerprint density at radius 1 is 1.10 bits per heavy atom. The smallest absolute Gasteiger partial charge is 0.259 e. The monoisotopic (exact) mass is 481 g/mol. The third-order valence-corrected chi connectivity index (χ3v) is 5.50. The number of hydrogen-bond acceptors (Lipinski definition) is 6. The number of anilines is 1. The molecule has 1 saturated heterocycles. The summed E-state index contributed by atoms with van der Waals surface area (Å²) in [6.07, 6.45) is 3.19. The first-order chi connectivity index (χ1) is 15.1. The normalized spacial score (nSPS) is 13.6. The van der Waals surface area contributed by atoms with Crippen LogP contribution in [0.25, 0.3) is 0 Å². The van der Waals surface area contributed by atoms with Crippen molar-refractivity contribution in [1.29, 1.82) is 5.26 Å². The minimum Gasteiger partial charge on any atom is -0.437 e. The topological polar surface area (TPSA) is 82.4 Å². The first-order valence-electron chi connectivity index (χ1n) is 9.54. The predicted molar refractivity (Wildman–Crippen MR) is 115 cm³/mol. The molecule has 0 aliphatic carbocycles. The summed E-state index contributed by atoms with van der Waals surface area (Å²) in [6.45, 7) is 2.04. The SMILES string of the molecule is N#Cc1cccnc1N1CCN(C(=O)c2cccnc2Oc2ccc(F)cc2Br)CC1. The van der Waals surface area contributed by atoms with Crippen LogP contribution in [0.5, 0.6) is 11.6 Å². The van der Waals surface area contributed by atoms with Crippen LogP contribution in [0.1, 0.15) is 15.9 Å². The average Bonchev–Trinajstić information content (AvgIpc) is 2.81. The highest BCUT2D eigenvalue weighted by molar-refractivity contribution is 9.10. The van der Waals surface area contributed by atoms with Gasteiger partial charge >= 0.3 is 0 Å². The van der Waals surface area contributed by atoms with Gasteiger partial charge in [0.15, 0.2) is 0 Å². The molecule has 1 aliphatic heterocycles. The van der Waals surface area contributed by atoms with Gasteiger partial charge in [0.2, 0.25) is 5.88 Å². The lowest BCUT2D eigenvalue weighted by Gasteiger charge is -2.35. The molecule has 1 amide bonds. The number of benzene rings is 1. The maximum Gasteiger partial charge on any atom is 0.259 e. The highest BCUT2D eigenvalue weighted by Gasteiger charge is 2.26. The highest BCUT2D eigenvalue weighted by Crippen LogP contribution is 2.31. The van der Waals surface area contributed by atoms with Crippen LogP contribution in [0.3, 0.4) is 0 Å². The van der Waals surface area contributed by atoms with Crippen molar-refractivity contribution in [2.24, 2.45) is 0 Å². The van der Waals surface area contributed by atoms with Crippen LogP contribution in [-0.2, 0) is 0 Å². The zero-order valence-corrected chi connectivity index (χ0v) is 17.9. The first-order valence-corrected chi connectivity index (χ1v) is 10.3. The van der Waals surface area contributed by atoms with Gasteiger partial charge in [-0.3, -0.25) is 4.79 Å². The Kier molecular flexibility index (Phi) is 6.09. The maximum absolute atomic E-state index is 13.4. The van der Waals surface area contributed by atoms with E-state index in [9.17, 15) is 14.4 Å². The van der Waals surface area contributed by atoms with Crippen molar-refractivity contribution >= 4 is 27.7 Å². The molecular weight excluding hydrogens is 465 g/mol. The van der Waals surface area contributed by atoms with Gasteiger partial charge in [-0.05, 0) is 58.4 Å². The molecule has 0 radical (unpaired) electrons. The molecule has 0 saturated carbocycles. The lowest BCUT2D eigenvalue weighted by atomic mass is 10.2. The molecule has 9 heteroatoms. The van der Waals surface area contributed by atoms with Gasteiger partial charge in [0.05, 0.1) is 10.0 Å². The molecule has 31 heavy (non-hydrogen) atoms. The number of nitrogens with zero attached hydrogens (tertiary/aromatic N) is 5. The van der Waals surface area contributed by atoms with E-state index in [1.807, 2.05) is 4.90 Å². The minimum atomic E-state index is -0.401. The highest BCUT2D eigenvalue weighted by atomic mass is 79.9. The van der Waals surface area contributed by atoms with Crippen molar-refractivity contribution in [3.05, 3.63) is 76.3 Å². The number of carbonyl (C=O) groups is 1. The summed E-state index contributed by atoms with van der Waals surface area (Å²) in [5.41, 5.74) is 0.831. The maximum atomic E-state index is 13.4. The number of halogens is 2. The number of hydrogen-bond donors (Lipinski definition) is 0. The van der Waals surface area contributed by atoms with E-state index in [-0.39, 0.29) is 11.8 Å². The van der Waals surface area contributed by atoms with E-state index < -0.39 is 5.82 Å². The Bertz CT molecular complexity index is 1160. The third-order valence-electron chi connectivity index (χ3n) is 4.88. The number of amides is 1. The molecule has 4 rings (SSSR count). The van der Waals surface area contributed by atoms with E-state index in [0.717, 1.165) is 0 Å². The van der Waals surface area contributed by atoms with Gasteiger partial charge in [0.1, 0.15) is 29.0 Å². The van der Waals surface area contributed by atoms with Gasteiger partial charge in [-0.1, -0.05) is 0 Å². The van der Waals surface area contributed by atoms with Gasteiger partial charge in [-0.25, -0.2) is 14.4 Å². The van der Waals surface area contributed by atoms with Crippen LogP contribution in [0, 0.1) is 17.1 Å². The number of pyridine rings is 2. The van der Waals surface area contributed by atoms with Gasteiger partial charge in [-0.15, -0.1) is 0 Å². The number of piperazine rings is 1. The molecule has 0 atom stereocenters. The van der Waals surface area contributed by atoms with Crippen LogP contribution in [-0.4, -0.2) is 47.0 Å². The van der Waals surface area contributed by atoms with Crippen molar-refractivity contribution in [1.82, 2.24) is 14.9 Å². The minimum absolute atomic E-state index is 0.152. The van der Waals surface area contributed by atoms with E-state index in [1.54, 1.807) is 35.4 Å². The zero-order valence-electron chi connectivity index (χ0n) is 16.3. The summed E-state index contributed by atoms with van der Waals surface area (Å²) in [7, 11) is 0. The van der Waals surface area contributed by atoms with Gasteiger partial charge in [-0.2, -0.15) is 5.26 Å². The molecule has 0 spiro atoms. The molecule has 3 aromatic rings. The van der Waals surface area contributed by atoms with E-state index >= 15 is 0 Å².